The molecule has 0 saturated carbocycles. The zero-order chi connectivity index (χ0) is 15.4. The number of methoxy groups -OCH3 is 1. The van der Waals surface area contributed by atoms with Crippen LogP contribution in [0.4, 0.5) is 5.69 Å². The van der Waals surface area contributed by atoms with Crippen molar-refractivity contribution in [3.05, 3.63) is 41.1 Å². The lowest BCUT2D eigenvalue weighted by atomic mass is 10.2. The molecule has 2 N–H and O–H groups in total. The summed E-state index contributed by atoms with van der Waals surface area (Å²) in [6.07, 6.45) is 0. The summed E-state index contributed by atoms with van der Waals surface area (Å²) in [6.45, 7) is 2.53. The smallest absolute Gasteiger partial charge is 0.251 e. The maximum atomic E-state index is 11.6. The van der Waals surface area contributed by atoms with Gasteiger partial charge in [0.15, 0.2) is 0 Å². The molecular weight excluding hydrogens is 268 g/mol. The molecule has 2 aromatic rings. The van der Waals surface area contributed by atoms with Crippen LogP contribution in [0, 0.1) is 6.92 Å². The Balaban J connectivity index is 2.15. The van der Waals surface area contributed by atoms with Gasteiger partial charge in [0, 0.05) is 31.9 Å². The van der Waals surface area contributed by atoms with E-state index in [1.807, 2.05) is 32.2 Å². The molecule has 1 heterocycles. The molecular formula is C15H20N4O2. The average molecular weight is 288 g/mol. The van der Waals surface area contributed by atoms with E-state index in [1.54, 1.807) is 24.9 Å². The van der Waals surface area contributed by atoms with Crippen LogP contribution < -0.4 is 15.4 Å². The number of aromatic nitrogens is 2. The second kappa shape index (κ2) is 6.30. The van der Waals surface area contributed by atoms with Crippen molar-refractivity contribution in [3.8, 4) is 5.88 Å². The van der Waals surface area contributed by atoms with Crippen molar-refractivity contribution in [3.63, 3.8) is 0 Å². The van der Waals surface area contributed by atoms with E-state index in [0.29, 0.717) is 12.1 Å². The molecule has 0 spiro atoms. The van der Waals surface area contributed by atoms with E-state index in [9.17, 15) is 4.79 Å². The van der Waals surface area contributed by atoms with Crippen molar-refractivity contribution < 1.29 is 9.53 Å². The zero-order valence-electron chi connectivity index (χ0n) is 12.7. The number of carbonyl (C=O) groups excluding carboxylic acids is 1. The molecule has 1 amide bonds. The number of anilines is 1. The van der Waals surface area contributed by atoms with Gasteiger partial charge in [0.1, 0.15) is 0 Å². The summed E-state index contributed by atoms with van der Waals surface area (Å²) in [4.78, 5) is 11.6. The number of hydrogen-bond donors (Lipinski definition) is 2. The summed E-state index contributed by atoms with van der Waals surface area (Å²) in [5.74, 6) is 0.635. The fourth-order valence-corrected chi connectivity index (χ4v) is 2.24. The Labute approximate surface area is 124 Å². The van der Waals surface area contributed by atoms with Crippen molar-refractivity contribution in [2.24, 2.45) is 7.05 Å². The molecule has 6 heteroatoms. The molecule has 2 rings (SSSR count). The van der Waals surface area contributed by atoms with Crippen molar-refractivity contribution in [1.29, 1.82) is 0 Å². The molecule has 0 aliphatic rings. The molecule has 1 aromatic carbocycles. The van der Waals surface area contributed by atoms with Gasteiger partial charge in [-0.05, 0) is 25.1 Å². The number of benzene rings is 1. The van der Waals surface area contributed by atoms with E-state index in [1.165, 1.54) is 0 Å². The predicted molar refractivity (Wildman–Crippen MR) is 81.7 cm³/mol. The normalized spacial score (nSPS) is 10.3. The molecule has 112 valence electrons. The van der Waals surface area contributed by atoms with Crippen LogP contribution >= 0.6 is 0 Å². The summed E-state index contributed by atoms with van der Waals surface area (Å²) in [5.41, 5.74) is 3.42. The molecule has 0 fully saturated rings. The van der Waals surface area contributed by atoms with Crippen LogP contribution in [0.2, 0.25) is 0 Å². The molecule has 0 aliphatic heterocycles. The fraction of sp³-hybridized carbons (Fsp3) is 0.333. The second-order valence-electron chi connectivity index (χ2n) is 4.71. The van der Waals surface area contributed by atoms with Crippen LogP contribution in [0.1, 0.15) is 21.6 Å². The van der Waals surface area contributed by atoms with E-state index in [4.69, 9.17) is 4.74 Å². The number of nitrogens with zero attached hydrogens (tertiary/aromatic N) is 2. The molecule has 0 unspecified atom stereocenters. The summed E-state index contributed by atoms with van der Waals surface area (Å²) < 4.78 is 7.08. The number of amides is 1. The Morgan fingerprint density at radius 1 is 1.43 bits per heavy atom. The topological polar surface area (TPSA) is 68.2 Å². The van der Waals surface area contributed by atoms with Crippen LogP contribution in [-0.4, -0.2) is 29.8 Å². The monoisotopic (exact) mass is 288 g/mol. The van der Waals surface area contributed by atoms with Gasteiger partial charge in [-0.2, -0.15) is 5.10 Å². The van der Waals surface area contributed by atoms with Gasteiger partial charge < -0.3 is 15.4 Å². The highest BCUT2D eigenvalue weighted by Crippen LogP contribution is 2.22. The van der Waals surface area contributed by atoms with Crippen LogP contribution in [0.15, 0.2) is 24.3 Å². The van der Waals surface area contributed by atoms with Gasteiger partial charge in [-0.3, -0.25) is 4.79 Å². The third-order valence-electron chi connectivity index (χ3n) is 3.30. The lowest BCUT2D eigenvalue weighted by molar-refractivity contribution is 0.0963. The van der Waals surface area contributed by atoms with Crippen molar-refractivity contribution in [1.82, 2.24) is 15.1 Å². The first-order valence-corrected chi connectivity index (χ1v) is 6.69. The number of aryl methyl sites for hydroxylation is 2. The number of ether oxygens (including phenoxy) is 1. The molecule has 0 aliphatic carbocycles. The van der Waals surface area contributed by atoms with Gasteiger partial charge >= 0.3 is 0 Å². The minimum absolute atomic E-state index is 0.103. The van der Waals surface area contributed by atoms with Crippen molar-refractivity contribution in [2.45, 2.75) is 13.5 Å². The zero-order valence-corrected chi connectivity index (χ0v) is 12.7. The predicted octanol–water partition coefficient (Wildman–Crippen LogP) is 1.71. The minimum Gasteiger partial charge on any atom is -0.481 e. The molecule has 0 saturated heterocycles. The van der Waals surface area contributed by atoms with Crippen molar-refractivity contribution in [2.75, 3.05) is 19.5 Å². The first-order chi connectivity index (χ1) is 10.1. The number of nitrogens with one attached hydrogen (secondary N) is 2. The van der Waals surface area contributed by atoms with E-state index in [2.05, 4.69) is 15.7 Å². The Hall–Kier alpha value is -2.50. The Morgan fingerprint density at radius 3 is 2.86 bits per heavy atom. The summed E-state index contributed by atoms with van der Waals surface area (Å²) in [7, 11) is 5.10. The number of rotatable bonds is 5. The van der Waals surface area contributed by atoms with Gasteiger partial charge in [0.25, 0.3) is 5.91 Å². The lowest BCUT2D eigenvalue weighted by Crippen LogP contribution is -2.17. The van der Waals surface area contributed by atoms with Crippen LogP contribution in [-0.2, 0) is 13.6 Å². The second-order valence-corrected chi connectivity index (χ2v) is 4.71. The Morgan fingerprint density at radius 2 is 2.19 bits per heavy atom. The van der Waals surface area contributed by atoms with Gasteiger partial charge in [0.2, 0.25) is 5.88 Å². The third-order valence-corrected chi connectivity index (χ3v) is 3.30. The molecule has 0 atom stereocenters. The maximum absolute atomic E-state index is 11.6. The van der Waals surface area contributed by atoms with Crippen molar-refractivity contribution >= 4 is 11.6 Å². The van der Waals surface area contributed by atoms with Gasteiger partial charge in [-0.25, -0.2) is 4.68 Å². The highest BCUT2D eigenvalue weighted by molar-refractivity contribution is 5.94. The molecule has 0 radical (unpaired) electrons. The molecule has 0 bridgehead atoms. The lowest BCUT2D eigenvalue weighted by Gasteiger charge is -2.09. The quantitative estimate of drug-likeness (QED) is 0.879. The first-order valence-electron chi connectivity index (χ1n) is 6.69. The minimum atomic E-state index is -0.103. The summed E-state index contributed by atoms with van der Waals surface area (Å²) in [6, 6.07) is 7.36. The van der Waals surface area contributed by atoms with E-state index >= 15 is 0 Å². The van der Waals surface area contributed by atoms with Crippen LogP contribution in [0.5, 0.6) is 5.88 Å². The standard InChI is InChI=1S/C15H20N4O2/c1-10-13(15(21-4)19(3)18-10)9-17-12-7-5-6-11(8-12)14(20)16-2/h5-8,17H,9H2,1-4H3,(H,16,20). The Kier molecular flexibility index (Phi) is 4.47. The largest absolute Gasteiger partial charge is 0.481 e. The first kappa shape index (κ1) is 14.9. The molecule has 1 aromatic heterocycles. The van der Waals surface area contributed by atoms with E-state index in [-0.39, 0.29) is 5.91 Å². The number of hydrogen-bond acceptors (Lipinski definition) is 4. The number of carbonyl (C=O) groups is 1. The van der Waals surface area contributed by atoms with Gasteiger partial charge in [-0.15, -0.1) is 0 Å². The highest BCUT2D eigenvalue weighted by atomic mass is 16.5. The van der Waals surface area contributed by atoms with Gasteiger partial charge in [-0.1, -0.05) is 6.07 Å². The highest BCUT2D eigenvalue weighted by Gasteiger charge is 2.13. The molecule has 21 heavy (non-hydrogen) atoms. The fourth-order valence-electron chi connectivity index (χ4n) is 2.24. The SMILES string of the molecule is CNC(=O)c1cccc(NCc2c(C)nn(C)c2OC)c1. The Bertz CT molecular complexity index is 649. The van der Waals surface area contributed by atoms with Crippen LogP contribution in [0.3, 0.4) is 0 Å². The molecule has 6 nitrogen and oxygen atoms in total. The summed E-state index contributed by atoms with van der Waals surface area (Å²) in [5, 5.41) is 10.2. The third kappa shape index (κ3) is 3.16. The maximum Gasteiger partial charge on any atom is 0.251 e. The van der Waals surface area contributed by atoms with Crippen LogP contribution in [0.25, 0.3) is 0 Å². The van der Waals surface area contributed by atoms with E-state index in [0.717, 1.165) is 22.8 Å². The van der Waals surface area contributed by atoms with E-state index < -0.39 is 0 Å². The van der Waals surface area contributed by atoms with Gasteiger partial charge in [0.05, 0.1) is 18.4 Å². The summed E-state index contributed by atoms with van der Waals surface area (Å²) >= 11 is 0. The average Bonchev–Trinajstić information content (AvgIpc) is 2.77.